The van der Waals surface area contributed by atoms with E-state index in [2.05, 4.69) is 0 Å². The van der Waals surface area contributed by atoms with Gasteiger partial charge in [-0.15, -0.1) is 0 Å². The van der Waals surface area contributed by atoms with Gasteiger partial charge in [0, 0.05) is 27.1 Å². The van der Waals surface area contributed by atoms with Crippen LogP contribution < -0.4 is 0 Å². The van der Waals surface area contributed by atoms with E-state index < -0.39 is 20.9 Å². The molecule has 0 heterocycles. The van der Waals surface area contributed by atoms with E-state index in [0.29, 0.717) is 15.6 Å². The summed E-state index contributed by atoms with van der Waals surface area (Å²) in [7, 11) is -3.95. The van der Waals surface area contributed by atoms with Gasteiger partial charge in [0.2, 0.25) is 0 Å². The van der Waals surface area contributed by atoms with Crippen LogP contribution in [0.5, 0.6) is 0 Å². The van der Waals surface area contributed by atoms with Gasteiger partial charge in [0.05, 0.1) is 15.2 Å². The zero-order valence-corrected chi connectivity index (χ0v) is 19.5. The molecule has 0 aliphatic rings. The normalized spacial score (nSPS) is 12.6. The highest BCUT2D eigenvalue weighted by atomic mass is 35.5. The minimum atomic E-state index is -3.95. The van der Waals surface area contributed by atoms with Crippen molar-refractivity contribution in [2.24, 2.45) is 0 Å². The second-order valence-corrected chi connectivity index (χ2v) is 10.6. The maximum atomic E-state index is 13.5. The summed E-state index contributed by atoms with van der Waals surface area (Å²) in [5.74, 6) is -0.441. The van der Waals surface area contributed by atoms with Crippen LogP contribution in [0.3, 0.4) is 0 Å². The van der Waals surface area contributed by atoms with E-state index in [4.69, 9.17) is 46.4 Å². The number of benzene rings is 3. The van der Waals surface area contributed by atoms with Crippen molar-refractivity contribution in [3.8, 4) is 0 Å². The maximum Gasteiger partial charge on any atom is 0.185 e. The largest absolute Gasteiger partial charge is 0.294 e. The van der Waals surface area contributed by atoms with Crippen molar-refractivity contribution in [2.75, 3.05) is 0 Å². The average molecular weight is 502 g/mol. The number of halogens is 4. The third kappa shape index (κ3) is 5.01. The van der Waals surface area contributed by atoms with E-state index in [1.165, 1.54) is 42.5 Å². The molecule has 0 aromatic heterocycles. The molecule has 0 saturated heterocycles. The number of carbonyl (C=O) groups excluding carboxylic acids is 1. The second-order valence-electron chi connectivity index (χ2n) is 6.76. The lowest BCUT2D eigenvalue weighted by Gasteiger charge is -2.20. The summed E-state index contributed by atoms with van der Waals surface area (Å²) >= 11 is 24.4. The van der Waals surface area contributed by atoms with E-state index in [1.807, 2.05) is 6.92 Å². The Bertz CT molecular complexity index is 1210. The molecule has 3 aromatic carbocycles. The van der Waals surface area contributed by atoms with E-state index >= 15 is 0 Å². The molecule has 3 nitrogen and oxygen atoms in total. The molecule has 0 saturated carbocycles. The van der Waals surface area contributed by atoms with Crippen molar-refractivity contribution in [3.05, 3.63) is 97.4 Å². The zero-order chi connectivity index (χ0) is 22.1. The Balaban J connectivity index is 2.10. The van der Waals surface area contributed by atoms with Crippen LogP contribution in [-0.2, 0) is 9.84 Å². The van der Waals surface area contributed by atoms with Gasteiger partial charge >= 0.3 is 0 Å². The van der Waals surface area contributed by atoms with Gasteiger partial charge in [-0.2, -0.15) is 0 Å². The Morgan fingerprint density at radius 3 is 1.97 bits per heavy atom. The lowest BCUT2D eigenvalue weighted by molar-refractivity contribution is 0.0981. The fraction of sp³-hybridized carbons (Fsp3) is 0.136. The second kappa shape index (κ2) is 9.29. The standard InChI is InChI=1S/C22H16Cl4O3S/c1-13-2-6-16(7-3-13)30(28,29)22(18-9-5-15(24)11-20(18)26)12-21(27)17-8-4-14(23)10-19(17)25/h2-11,22H,12H2,1H3/t22-/m1/s1. The van der Waals surface area contributed by atoms with Crippen molar-refractivity contribution in [1.29, 1.82) is 0 Å². The molecule has 30 heavy (non-hydrogen) atoms. The highest BCUT2D eigenvalue weighted by Crippen LogP contribution is 2.38. The first-order valence-electron chi connectivity index (χ1n) is 8.83. The maximum absolute atomic E-state index is 13.5. The van der Waals surface area contributed by atoms with Crippen molar-refractivity contribution < 1.29 is 13.2 Å². The number of rotatable bonds is 6. The molecule has 0 amide bonds. The third-order valence-electron chi connectivity index (χ3n) is 4.64. The lowest BCUT2D eigenvalue weighted by atomic mass is 10.0. The summed E-state index contributed by atoms with van der Waals surface area (Å²) in [6.07, 6.45) is -0.348. The zero-order valence-electron chi connectivity index (χ0n) is 15.7. The molecular weight excluding hydrogens is 486 g/mol. The fourth-order valence-electron chi connectivity index (χ4n) is 3.04. The number of ketones is 1. The van der Waals surface area contributed by atoms with Crippen LogP contribution in [-0.4, -0.2) is 14.2 Å². The van der Waals surface area contributed by atoms with Gasteiger partial charge < -0.3 is 0 Å². The van der Waals surface area contributed by atoms with Crippen LogP contribution in [0.15, 0.2) is 65.6 Å². The van der Waals surface area contributed by atoms with Gasteiger partial charge in [-0.1, -0.05) is 70.2 Å². The van der Waals surface area contributed by atoms with Gasteiger partial charge in [0.1, 0.15) is 0 Å². The fourth-order valence-corrected chi connectivity index (χ4v) is 5.91. The van der Waals surface area contributed by atoms with Crippen LogP contribution >= 0.6 is 46.4 Å². The number of aryl methyl sites for hydroxylation is 1. The molecule has 156 valence electrons. The van der Waals surface area contributed by atoms with Gasteiger partial charge in [-0.3, -0.25) is 4.79 Å². The van der Waals surface area contributed by atoms with Gasteiger partial charge in [-0.25, -0.2) is 8.42 Å². The molecule has 0 spiro atoms. The van der Waals surface area contributed by atoms with Crippen molar-refractivity contribution in [1.82, 2.24) is 0 Å². The quantitative estimate of drug-likeness (QED) is 0.330. The molecule has 0 bridgehead atoms. The Morgan fingerprint density at radius 2 is 1.40 bits per heavy atom. The summed E-state index contributed by atoms with van der Waals surface area (Å²) in [5, 5.41) is -0.160. The number of sulfone groups is 1. The monoisotopic (exact) mass is 500 g/mol. The first kappa shape index (κ1) is 23.1. The predicted octanol–water partition coefficient (Wildman–Crippen LogP) is 7.40. The summed E-state index contributed by atoms with van der Waals surface area (Å²) in [6, 6.07) is 15.4. The number of Topliss-reactive ketones (excluding diaryl/α,β-unsaturated/α-hetero) is 1. The number of carbonyl (C=O) groups is 1. The van der Waals surface area contributed by atoms with Crippen LogP contribution in [0.2, 0.25) is 20.1 Å². The van der Waals surface area contributed by atoms with Crippen molar-refractivity contribution in [3.63, 3.8) is 0 Å². The minimum Gasteiger partial charge on any atom is -0.294 e. The Morgan fingerprint density at radius 1 is 0.833 bits per heavy atom. The molecule has 0 fully saturated rings. The van der Waals surface area contributed by atoms with Crippen LogP contribution in [0.25, 0.3) is 0 Å². The summed E-state index contributed by atoms with van der Waals surface area (Å²) in [5.41, 5.74) is 1.40. The number of hydrogen-bond donors (Lipinski definition) is 0. The summed E-state index contributed by atoms with van der Waals surface area (Å²) in [4.78, 5) is 13.1. The third-order valence-corrected chi connectivity index (χ3v) is 7.84. The van der Waals surface area contributed by atoms with E-state index in [1.54, 1.807) is 18.2 Å². The first-order valence-corrected chi connectivity index (χ1v) is 11.9. The van der Waals surface area contributed by atoms with Gasteiger partial charge in [0.15, 0.2) is 15.6 Å². The Hall–Kier alpha value is -1.56. The van der Waals surface area contributed by atoms with Crippen molar-refractivity contribution in [2.45, 2.75) is 23.5 Å². The average Bonchev–Trinajstić information content (AvgIpc) is 2.66. The Kier molecular flexibility index (Phi) is 7.16. The molecule has 0 N–H and O–H groups in total. The van der Waals surface area contributed by atoms with Crippen LogP contribution in [0.4, 0.5) is 0 Å². The highest BCUT2D eigenvalue weighted by Gasteiger charge is 2.33. The predicted molar refractivity (Wildman–Crippen MR) is 123 cm³/mol. The van der Waals surface area contributed by atoms with Gasteiger partial charge in [-0.05, 0) is 55.0 Å². The molecular formula is C22H16Cl4O3S. The molecule has 8 heteroatoms. The van der Waals surface area contributed by atoms with Gasteiger partial charge in [0.25, 0.3) is 0 Å². The molecule has 3 aromatic rings. The van der Waals surface area contributed by atoms with Crippen molar-refractivity contribution >= 4 is 62.0 Å². The van der Waals surface area contributed by atoms with E-state index in [-0.39, 0.29) is 26.9 Å². The molecule has 0 aliphatic carbocycles. The Labute approximate surface area is 195 Å². The molecule has 0 aliphatic heterocycles. The SMILES string of the molecule is Cc1ccc(S(=O)(=O)[C@H](CC(=O)c2ccc(Cl)cc2Cl)c2ccc(Cl)cc2Cl)cc1. The molecule has 0 radical (unpaired) electrons. The lowest BCUT2D eigenvalue weighted by Crippen LogP contribution is -2.18. The smallest absolute Gasteiger partial charge is 0.185 e. The van der Waals surface area contributed by atoms with E-state index in [9.17, 15) is 13.2 Å². The summed E-state index contributed by atoms with van der Waals surface area (Å²) < 4.78 is 27.0. The van der Waals surface area contributed by atoms with Crippen LogP contribution in [0, 0.1) is 6.92 Å². The molecule has 3 rings (SSSR count). The summed E-state index contributed by atoms with van der Waals surface area (Å²) in [6.45, 7) is 1.86. The molecule has 0 unspecified atom stereocenters. The van der Waals surface area contributed by atoms with Crippen LogP contribution in [0.1, 0.15) is 33.2 Å². The first-order chi connectivity index (χ1) is 14.1. The number of hydrogen-bond acceptors (Lipinski definition) is 3. The molecule has 1 atom stereocenters. The highest BCUT2D eigenvalue weighted by molar-refractivity contribution is 7.91. The minimum absolute atomic E-state index is 0.0964. The van der Waals surface area contributed by atoms with E-state index in [0.717, 1.165) is 5.56 Å². The topological polar surface area (TPSA) is 51.2 Å².